The molecule has 2 N–H and O–H groups in total. The van der Waals surface area contributed by atoms with Crippen LogP contribution in [0.5, 0.6) is 5.75 Å². The molecule has 7 heteroatoms. The fourth-order valence-electron chi connectivity index (χ4n) is 1.90. The molecule has 5 nitrogen and oxygen atoms in total. The van der Waals surface area contributed by atoms with E-state index in [1.54, 1.807) is 18.2 Å². The van der Waals surface area contributed by atoms with Crippen molar-refractivity contribution in [3.05, 3.63) is 65.7 Å². The van der Waals surface area contributed by atoms with Crippen molar-refractivity contribution in [3.8, 4) is 5.75 Å². The van der Waals surface area contributed by atoms with Gasteiger partial charge in [-0.05, 0) is 30.3 Å². The Bertz CT molecular complexity index is 786. The van der Waals surface area contributed by atoms with Crippen molar-refractivity contribution in [2.24, 2.45) is 0 Å². The molecule has 0 aliphatic carbocycles. The van der Waals surface area contributed by atoms with Crippen molar-refractivity contribution >= 4 is 23.6 Å². The fourth-order valence-corrected chi connectivity index (χ4v) is 1.90. The normalized spacial score (nSPS) is 10.5. The largest absolute Gasteiger partial charge is 0.484 e. The molecule has 0 saturated carbocycles. The molecule has 130 valence electrons. The molecule has 0 fully saturated rings. The predicted octanol–water partition coefficient (Wildman–Crippen LogP) is 2.74. The van der Waals surface area contributed by atoms with Crippen LogP contribution in [0, 0.1) is 11.6 Å². The smallest absolute Gasteiger partial charge is 0.257 e. The highest BCUT2D eigenvalue weighted by molar-refractivity contribution is 6.02. The summed E-state index contributed by atoms with van der Waals surface area (Å²) in [6, 6.07) is 9.85. The van der Waals surface area contributed by atoms with Crippen LogP contribution in [-0.4, -0.2) is 25.5 Å². The van der Waals surface area contributed by atoms with Gasteiger partial charge in [0.1, 0.15) is 17.4 Å². The number of likely N-dealkylation sites (N-methyl/N-ethyl adjacent to an activating group) is 1. The third kappa shape index (κ3) is 5.42. The van der Waals surface area contributed by atoms with Gasteiger partial charge in [-0.2, -0.15) is 0 Å². The number of carbonyl (C=O) groups is 2. The highest BCUT2D eigenvalue weighted by Gasteiger charge is 2.06. The Balaban J connectivity index is 2.01. The lowest BCUT2D eigenvalue weighted by atomic mass is 10.2. The molecular weight excluding hydrogens is 330 g/mol. The van der Waals surface area contributed by atoms with E-state index in [4.69, 9.17) is 4.74 Å². The highest BCUT2D eigenvalue weighted by Crippen LogP contribution is 2.18. The molecule has 0 bridgehead atoms. The van der Waals surface area contributed by atoms with Crippen LogP contribution >= 0.6 is 0 Å². The molecule has 0 radical (unpaired) electrons. The third-order valence-corrected chi connectivity index (χ3v) is 3.15. The topological polar surface area (TPSA) is 67.4 Å². The first kappa shape index (κ1) is 18.1. The van der Waals surface area contributed by atoms with Gasteiger partial charge in [0.2, 0.25) is 5.91 Å². The first-order valence-corrected chi connectivity index (χ1v) is 7.36. The summed E-state index contributed by atoms with van der Waals surface area (Å²) in [6.45, 7) is -0.152. The molecule has 0 aliphatic heterocycles. The molecule has 0 saturated heterocycles. The van der Waals surface area contributed by atoms with E-state index in [0.29, 0.717) is 11.4 Å². The maximum atomic E-state index is 13.5. The first-order valence-electron chi connectivity index (χ1n) is 7.36. The van der Waals surface area contributed by atoms with Crippen LogP contribution in [0.15, 0.2) is 48.5 Å². The molecule has 0 heterocycles. The average Bonchev–Trinajstić information content (AvgIpc) is 2.59. The SMILES string of the molecule is CNC(=O)COc1cccc(NC(=O)/C=C/c2c(F)cccc2F)c1. The third-order valence-electron chi connectivity index (χ3n) is 3.15. The first-order chi connectivity index (χ1) is 12.0. The Kier molecular flexibility index (Phi) is 6.22. The van der Waals surface area contributed by atoms with Crippen LogP contribution in [0.3, 0.4) is 0 Å². The highest BCUT2D eigenvalue weighted by atomic mass is 19.1. The molecule has 0 aliphatic rings. The summed E-state index contributed by atoms with van der Waals surface area (Å²) < 4.78 is 32.2. The Morgan fingerprint density at radius 3 is 2.48 bits per heavy atom. The lowest BCUT2D eigenvalue weighted by molar-refractivity contribution is -0.122. The Labute approximate surface area is 143 Å². The number of benzene rings is 2. The number of carbonyl (C=O) groups excluding carboxylic acids is 2. The van der Waals surface area contributed by atoms with Crippen molar-refractivity contribution in [3.63, 3.8) is 0 Å². The summed E-state index contributed by atoms with van der Waals surface area (Å²) in [5.74, 6) is -1.97. The van der Waals surface area contributed by atoms with Crippen LogP contribution < -0.4 is 15.4 Å². The van der Waals surface area contributed by atoms with E-state index in [1.807, 2.05) is 0 Å². The quantitative estimate of drug-likeness (QED) is 0.791. The molecule has 25 heavy (non-hydrogen) atoms. The van der Waals surface area contributed by atoms with Crippen LogP contribution in [-0.2, 0) is 9.59 Å². The minimum Gasteiger partial charge on any atom is -0.484 e. The van der Waals surface area contributed by atoms with Gasteiger partial charge in [0.25, 0.3) is 5.91 Å². The molecule has 0 unspecified atom stereocenters. The summed E-state index contributed by atoms with van der Waals surface area (Å²) in [7, 11) is 1.49. The van der Waals surface area contributed by atoms with E-state index in [0.717, 1.165) is 24.3 Å². The number of nitrogens with one attached hydrogen (secondary N) is 2. The summed E-state index contributed by atoms with van der Waals surface area (Å²) in [6.07, 6.45) is 2.09. The van der Waals surface area contributed by atoms with E-state index < -0.39 is 17.5 Å². The van der Waals surface area contributed by atoms with Crippen molar-refractivity contribution in [1.82, 2.24) is 5.32 Å². The number of rotatable bonds is 6. The Hall–Kier alpha value is -3.22. The molecule has 0 atom stereocenters. The van der Waals surface area contributed by atoms with E-state index in [9.17, 15) is 18.4 Å². The van der Waals surface area contributed by atoms with E-state index in [-0.39, 0.29) is 18.1 Å². The summed E-state index contributed by atoms with van der Waals surface area (Å²) in [5, 5.41) is 4.96. The second-order valence-electron chi connectivity index (χ2n) is 4.95. The van der Waals surface area contributed by atoms with Crippen LogP contribution in [0.1, 0.15) is 5.56 Å². The van der Waals surface area contributed by atoms with Gasteiger partial charge < -0.3 is 15.4 Å². The van der Waals surface area contributed by atoms with Crippen LogP contribution in [0.25, 0.3) is 6.08 Å². The van der Waals surface area contributed by atoms with Gasteiger partial charge in [0, 0.05) is 30.4 Å². The van der Waals surface area contributed by atoms with Crippen molar-refractivity contribution in [2.75, 3.05) is 19.0 Å². The minimum atomic E-state index is -0.756. The number of hydrogen-bond acceptors (Lipinski definition) is 3. The second kappa shape index (κ2) is 8.58. The molecule has 2 aromatic carbocycles. The van der Waals surface area contributed by atoms with Crippen LogP contribution in [0.2, 0.25) is 0 Å². The molecule has 0 aromatic heterocycles. The lowest BCUT2D eigenvalue weighted by Gasteiger charge is -2.07. The minimum absolute atomic E-state index is 0.152. The molecular formula is C18H16F2N2O3. The number of hydrogen-bond donors (Lipinski definition) is 2. The zero-order valence-electron chi connectivity index (χ0n) is 13.4. The Morgan fingerprint density at radius 1 is 1.12 bits per heavy atom. The number of anilines is 1. The predicted molar refractivity (Wildman–Crippen MR) is 90.0 cm³/mol. The van der Waals surface area contributed by atoms with Crippen molar-refractivity contribution in [1.29, 1.82) is 0 Å². The fraction of sp³-hybridized carbons (Fsp3) is 0.111. The van der Waals surface area contributed by atoms with Gasteiger partial charge in [0.05, 0.1) is 0 Å². The van der Waals surface area contributed by atoms with Gasteiger partial charge >= 0.3 is 0 Å². The van der Waals surface area contributed by atoms with E-state index in [2.05, 4.69) is 10.6 Å². The number of amides is 2. The second-order valence-corrected chi connectivity index (χ2v) is 4.95. The standard InChI is InChI=1S/C18H16F2N2O3/c1-21-18(24)11-25-13-5-2-4-12(10-13)22-17(23)9-8-14-15(19)6-3-7-16(14)20/h2-10H,11H2,1H3,(H,21,24)(H,22,23)/b9-8+. The van der Waals surface area contributed by atoms with Crippen LogP contribution in [0.4, 0.5) is 14.5 Å². The summed E-state index contributed by atoms with van der Waals surface area (Å²) in [4.78, 5) is 23.0. The average molecular weight is 346 g/mol. The molecule has 2 amide bonds. The monoisotopic (exact) mass is 346 g/mol. The van der Waals surface area contributed by atoms with Gasteiger partial charge in [-0.3, -0.25) is 9.59 Å². The maximum absolute atomic E-state index is 13.5. The lowest BCUT2D eigenvalue weighted by Crippen LogP contribution is -2.24. The van der Waals surface area contributed by atoms with E-state index >= 15 is 0 Å². The molecule has 2 rings (SSSR count). The zero-order chi connectivity index (χ0) is 18.2. The summed E-state index contributed by atoms with van der Waals surface area (Å²) in [5.41, 5.74) is 0.123. The molecule has 2 aromatic rings. The van der Waals surface area contributed by atoms with Gasteiger partial charge in [-0.25, -0.2) is 8.78 Å². The summed E-state index contributed by atoms with van der Waals surface area (Å²) >= 11 is 0. The molecule has 0 spiro atoms. The van der Waals surface area contributed by atoms with Gasteiger partial charge in [-0.15, -0.1) is 0 Å². The van der Waals surface area contributed by atoms with Gasteiger partial charge in [-0.1, -0.05) is 12.1 Å². The Morgan fingerprint density at radius 2 is 1.80 bits per heavy atom. The van der Waals surface area contributed by atoms with Gasteiger partial charge in [0.15, 0.2) is 6.61 Å². The number of ether oxygens (including phenoxy) is 1. The number of halogens is 2. The van der Waals surface area contributed by atoms with Crippen molar-refractivity contribution in [2.45, 2.75) is 0 Å². The zero-order valence-corrected chi connectivity index (χ0v) is 13.4. The van der Waals surface area contributed by atoms with E-state index in [1.165, 1.54) is 19.2 Å². The maximum Gasteiger partial charge on any atom is 0.257 e. The van der Waals surface area contributed by atoms with Crippen molar-refractivity contribution < 1.29 is 23.1 Å².